The van der Waals surface area contributed by atoms with E-state index in [9.17, 15) is 0 Å². The van der Waals surface area contributed by atoms with Gasteiger partial charge in [-0.1, -0.05) is 23.8 Å². The normalized spacial score (nSPS) is 15.7. The van der Waals surface area contributed by atoms with Crippen LogP contribution in [0.25, 0.3) is 11.6 Å². The monoisotopic (exact) mass is 187 g/mol. The summed E-state index contributed by atoms with van der Waals surface area (Å²) in [5.74, 6) is 0. The first-order valence-electron chi connectivity index (χ1n) is 4.92. The van der Waals surface area contributed by atoms with Crippen molar-refractivity contribution in [2.45, 2.75) is 27.7 Å². The number of allylic oxidation sites excluding steroid dienone is 2. The lowest BCUT2D eigenvalue weighted by Crippen LogP contribution is -2.29. The second kappa shape index (κ2) is 4.75. The Bertz CT molecular complexity index is 452. The summed E-state index contributed by atoms with van der Waals surface area (Å²) in [4.78, 5) is 4.41. The molecule has 0 bridgehead atoms. The van der Waals surface area contributed by atoms with Crippen LogP contribution in [0.3, 0.4) is 0 Å². The number of rotatable bonds is 1. The fourth-order valence-electron chi connectivity index (χ4n) is 1.37. The summed E-state index contributed by atoms with van der Waals surface area (Å²) in [6, 6.07) is 4.06. The third kappa shape index (κ3) is 2.11. The largest absolute Gasteiger partial charge is 0.256 e. The molecule has 1 nitrogen and oxygen atoms in total. The van der Waals surface area contributed by atoms with Crippen LogP contribution in [-0.2, 0) is 0 Å². The molecule has 0 saturated carbocycles. The molecular weight excluding hydrogens is 170 g/mol. The van der Waals surface area contributed by atoms with Crippen molar-refractivity contribution in [3.05, 3.63) is 40.5 Å². The zero-order valence-electron chi connectivity index (χ0n) is 9.33. The quantitative estimate of drug-likeness (QED) is 0.655. The van der Waals surface area contributed by atoms with Crippen LogP contribution in [0.4, 0.5) is 0 Å². The summed E-state index contributed by atoms with van der Waals surface area (Å²) in [5, 5.41) is 2.29. The van der Waals surface area contributed by atoms with Crippen LogP contribution in [0.1, 0.15) is 27.7 Å². The van der Waals surface area contributed by atoms with Crippen molar-refractivity contribution in [3.63, 3.8) is 0 Å². The Morgan fingerprint density at radius 2 is 2.00 bits per heavy atom. The van der Waals surface area contributed by atoms with Gasteiger partial charge in [-0.2, -0.15) is 0 Å². The SMILES string of the molecule is CC=C(C)/C(C)=c1\nccc\c1=C\C. The molecule has 0 aromatic carbocycles. The van der Waals surface area contributed by atoms with E-state index in [0.717, 1.165) is 5.35 Å². The number of nitrogens with zero attached hydrogens (tertiary/aromatic N) is 1. The summed E-state index contributed by atoms with van der Waals surface area (Å²) >= 11 is 0. The van der Waals surface area contributed by atoms with Crippen LogP contribution in [0.15, 0.2) is 30.0 Å². The highest BCUT2D eigenvalue weighted by Crippen LogP contribution is 2.04. The van der Waals surface area contributed by atoms with Gasteiger partial charge in [0.1, 0.15) is 0 Å². The lowest BCUT2D eigenvalue weighted by molar-refractivity contribution is 1.19. The molecule has 0 N–H and O–H groups in total. The molecule has 0 amide bonds. The lowest BCUT2D eigenvalue weighted by atomic mass is 10.1. The van der Waals surface area contributed by atoms with Crippen molar-refractivity contribution in [2.75, 3.05) is 0 Å². The predicted molar refractivity (Wildman–Crippen MR) is 62.1 cm³/mol. The minimum absolute atomic E-state index is 1.09. The Balaban J connectivity index is 3.60. The maximum atomic E-state index is 4.41. The van der Waals surface area contributed by atoms with Gasteiger partial charge in [0.05, 0.1) is 5.35 Å². The summed E-state index contributed by atoms with van der Waals surface area (Å²) in [5.41, 5.74) is 2.54. The summed E-state index contributed by atoms with van der Waals surface area (Å²) < 4.78 is 0. The van der Waals surface area contributed by atoms with Crippen LogP contribution in [-0.4, -0.2) is 4.98 Å². The second-order valence-corrected chi connectivity index (χ2v) is 3.33. The van der Waals surface area contributed by atoms with Gasteiger partial charge in [0.25, 0.3) is 0 Å². The fraction of sp³-hybridized carbons (Fsp3) is 0.308. The zero-order chi connectivity index (χ0) is 10.6. The van der Waals surface area contributed by atoms with Crippen LogP contribution >= 0.6 is 0 Å². The molecule has 14 heavy (non-hydrogen) atoms. The van der Waals surface area contributed by atoms with Gasteiger partial charge >= 0.3 is 0 Å². The van der Waals surface area contributed by atoms with Gasteiger partial charge in [-0.05, 0) is 44.6 Å². The van der Waals surface area contributed by atoms with Crippen molar-refractivity contribution in [3.8, 4) is 0 Å². The van der Waals surface area contributed by atoms with Gasteiger partial charge in [0.2, 0.25) is 0 Å². The summed E-state index contributed by atoms with van der Waals surface area (Å²) in [6.07, 6.45) is 6.05. The average molecular weight is 187 g/mol. The van der Waals surface area contributed by atoms with Gasteiger partial charge in [0, 0.05) is 6.20 Å². The molecule has 0 spiro atoms. The highest BCUT2D eigenvalue weighted by Gasteiger charge is 1.94. The molecule has 0 fully saturated rings. The van der Waals surface area contributed by atoms with Gasteiger partial charge in [-0.3, -0.25) is 4.98 Å². The standard InChI is InChI=1S/C13H17N/c1-5-10(3)11(4)13-12(6-2)8-7-9-14-13/h5-9H,1-4H3/b10-5?,12-6-,13-11-. The molecule has 74 valence electrons. The molecule has 0 radical (unpaired) electrons. The molecule has 0 aliphatic heterocycles. The summed E-state index contributed by atoms with van der Waals surface area (Å²) in [6.45, 7) is 8.32. The van der Waals surface area contributed by atoms with Crippen molar-refractivity contribution in [1.82, 2.24) is 4.98 Å². The van der Waals surface area contributed by atoms with Crippen molar-refractivity contribution < 1.29 is 0 Å². The van der Waals surface area contributed by atoms with Crippen LogP contribution in [0.2, 0.25) is 0 Å². The van der Waals surface area contributed by atoms with Gasteiger partial charge in [-0.15, -0.1) is 0 Å². The molecule has 0 unspecified atom stereocenters. The minimum Gasteiger partial charge on any atom is -0.256 e. The van der Waals surface area contributed by atoms with Crippen molar-refractivity contribution in [1.29, 1.82) is 0 Å². The third-order valence-corrected chi connectivity index (χ3v) is 2.53. The molecule has 1 heteroatoms. The molecule has 1 aromatic heterocycles. The van der Waals surface area contributed by atoms with E-state index in [-0.39, 0.29) is 0 Å². The number of pyridine rings is 1. The lowest BCUT2D eigenvalue weighted by Gasteiger charge is -2.00. The molecule has 1 rings (SSSR count). The van der Waals surface area contributed by atoms with E-state index in [0.29, 0.717) is 0 Å². The van der Waals surface area contributed by atoms with E-state index in [4.69, 9.17) is 0 Å². The molecular formula is C13H17N. The van der Waals surface area contributed by atoms with Gasteiger partial charge < -0.3 is 0 Å². The number of hydrogen-bond acceptors (Lipinski definition) is 1. The molecule has 0 aliphatic rings. The van der Waals surface area contributed by atoms with Crippen LogP contribution in [0, 0.1) is 0 Å². The molecule has 0 atom stereocenters. The first-order valence-corrected chi connectivity index (χ1v) is 4.92. The Morgan fingerprint density at radius 1 is 1.29 bits per heavy atom. The molecule has 1 aromatic rings. The van der Waals surface area contributed by atoms with E-state index >= 15 is 0 Å². The maximum absolute atomic E-state index is 4.41. The Kier molecular flexibility index (Phi) is 3.63. The predicted octanol–water partition coefficient (Wildman–Crippen LogP) is 2.02. The van der Waals surface area contributed by atoms with Crippen LogP contribution in [0.5, 0.6) is 0 Å². The molecule has 0 saturated heterocycles. The first-order chi connectivity index (χ1) is 6.70. The third-order valence-electron chi connectivity index (χ3n) is 2.53. The molecule has 0 aliphatic carbocycles. The van der Waals surface area contributed by atoms with Gasteiger partial charge in [-0.25, -0.2) is 0 Å². The Morgan fingerprint density at radius 3 is 2.57 bits per heavy atom. The van der Waals surface area contributed by atoms with E-state index in [1.54, 1.807) is 0 Å². The first kappa shape index (κ1) is 10.7. The number of aromatic nitrogens is 1. The maximum Gasteiger partial charge on any atom is 0.0730 e. The zero-order valence-corrected chi connectivity index (χ0v) is 9.33. The highest BCUT2D eigenvalue weighted by atomic mass is 14.6. The van der Waals surface area contributed by atoms with E-state index in [1.165, 1.54) is 16.4 Å². The van der Waals surface area contributed by atoms with Gasteiger partial charge in [0.15, 0.2) is 0 Å². The smallest absolute Gasteiger partial charge is 0.0730 e. The summed E-state index contributed by atoms with van der Waals surface area (Å²) in [7, 11) is 0. The number of hydrogen-bond donors (Lipinski definition) is 0. The van der Waals surface area contributed by atoms with E-state index in [1.807, 2.05) is 19.2 Å². The Hall–Kier alpha value is -1.37. The molecule has 1 heterocycles. The van der Waals surface area contributed by atoms with Crippen molar-refractivity contribution >= 4 is 11.6 Å². The van der Waals surface area contributed by atoms with Crippen molar-refractivity contribution in [2.24, 2.45) is 0 Å². The highest BCUT2D eigenvalue weighted by molar-refractivity contribution is 5.59. The van der Waals surface area contributed by atoms with Crippen LogP contribution < -0.4 is 10.6 Å². The second-order valence-electron chi connectivity index (χ2n) is 3.33. The Labute approximate surface area is 85.5 Å². The topological polar surface area (TPSA) is 12.9 Å². The van der Waals surface area contributed by atoms with E-state index < -0.39 is 0 Å². The average Bonchev–Trinajstić information content (AvgIpc) is 2.26. The fourth-order valence-corrected chi connectivity index (χ4v) is 1.37. The minimum atomic E-state index is 1.09. The van der Waals surface area contributed by atoms with E-state index in [2.05, 4.69) is 44.0 Å².